The number of nitrogens with zero attached hydrogens (tertiary/aromatic N) is 1. The van der Waals surface area contributed by atoms with Gasteiger partial charge in [-0.3, -0.25) is 4.79 Å². The van der Waals surface area contributed by atoms with Gasteiger partial charge in [0, 0.05) is 36.5 Å². The van der Waals surface area contributed by atoms with Crippen molar-refractivity contribution in [2.45, 2.75) is 34.1 Å². The van der Waals surface area contributed by atoms with Gasteiger partial charge in [-0.1, -0.05) is 6.07 Å². The van der Waals surface area contributed by atoms with E-state index in [1.54, 1.807) is 39.2 Å². The molecule has 5 rings (SSSR count). The van der Waals surface area contributed by atoms with Gasteiger partial charge in [0.15, 0.2) is 0 Å². The second kappa shape index (κ2) is 13.3. The van der Waals surface area contributed by atoms with Crippen LogP contribution in [0, 0.1) is 33.5 Å². The van der Waals surface area contributed by atoms with E-state index >= 15 is 0 Å². The summed E-state index contributed by atoms with van der Waals surface area (Å²) < 4.78 is 58.7. The van der Waals surface area contributed by atoms with Crippen LogP contribution in [0.15, 0.2) is 63.9 Å². The Morgan fingerprint density at radius 3 is 2.24 bits per heavy atom. The number of nitrogens with one attached hydrogen (secondary N) is 1. The van der Waals surface area contributed by atoms with E-state index in [0.717, 1.165) is 22.3 Å². The molecule has 0 saturated heterocycles. The lowest BCUT2D eigenvalue weighted by Crippen LogP contribution is -2.16. The van der Waals surface area contributed by atoms with Crippen LogP contribution in [0.25, 0.3) is 33.4 Å². The Bertz CT molecular complexity index is 1990. The number of rotatable bonds is 11. The van der Waals surface area contributed by atoms with Crippen molar-refractivity contribution >= 4 is 21.9 Å². The van der Waals surface area contributed by atoms with E-state index in [0.29, 0.717) is 62.7 Å². The summed E-state index contributed by atoms with van der Waals surface area (Å²) in [4.78, 5) is 13.4. The second-order valence-corrected chi connectivity index (χ2v) is 11.9. The number of aryl methyl sites for hydroxylation is 5. The first-order chi connectivity index (χ1) is 21.5. The van der Waals surface area contributed by atoms with Gasteiger partial charge in [0.05, 0.1) is 12.0 Å². The highest BCUT2D eigenvalue weighted by Gasteiger charge is 2.21. The third-order valence-electron chi connectivity index (χ3n) is 7.56. The predicted octanol–water partition coefficient (Wildman–Crippen LogP) is 5.66. The van der Waals surface area contributed by atoms with Gasteiger partial charge in [-0.15, -0.1) is 0 Å². The molecule has 0 radical (unpaired) electrons. The third kappa shape index (κ3) is 6.80. The number of aliphatic hydroxyl groups excluding tert-OH is 1. The van der Waals surface area contributed by atoms with Gasteiger partial charge in [0.1, 0.15) is 41.0 Å². The quantitative estimate of drug-likeness (QED) is 0.160. The average Bonchev–Trinajstić information content (AvgIpc) is 3.43. The summed E-state index contributed by atoms with van der Waals surface area (Å²) in [5.41, 5.74) is 5.85. The number of fused-ring (bicyclic) bond motifs is 1. The normalized spacial score (nSPS) is 11.5. The van der Waals surface area contributed by atoms with Gasteiger partial charge in [0.2, 0.25) is 10.9 Å². The molecule has 45 heavy (non-hydrogen) atoms. The molecule has 0 aliphatic rings. The van der Waals surface area contributed by atoms with Crippen molar-refractivity contribution in [2.75, 3.05) is 19.8 Å². The lowest BCUT2D eigenvalue weighted by atomic mass is 10.00. The molecule has 5 aromatic rings. The number of hydrogen-bond donors (Lipinski definition) is 3. The Balaban J connectivity index is 1.68. The number of aromatic nitrogens is 1. The summed E-state index contributed by atoms with van der Waals surface area (Å²) in [5.74, 6) is 1.77. The minimum Gasteiger partial charge on any atom is -0.491 e. The van der Waals surface area contributed by atoms with Crippen LogP contribution < -0.4 is 19.8 Å². The molecule has 0 spiro atoms. The van der Waals surface area contributed by atoms with Crippen molar-refractivity contribution in [1.29, 1.82) is 0 Å². The summed E-state index contributed by atoms with van der Waals surface area (Å²) in [6.45, 7) is 7.63. The fraction of sp³-hybridized carbons (Fsp3) is 0.265. The Labute approximate surface area is 261 Å². The maximum Gasteiger partial charge on any atom is 0.261 e. The molecule has 236 valence electrons. The van der Waals surface area contributed by atoms with E-state index in [9.17, 15) is 22.7 Å². The van der Waals surface area contributed by atoms with Crippen LogP contribution in [0.4, 0.5) is 4.39 Å². The first-order valence-electron chi connectivity index (χ1n) is 14.4. The summed E-state index contributed by atoms with van der Waals surface area (Å²) in [6, 6.07) is 13.8. The molecule has 0 aliphatic carbocycles. The third-order valence-corrected chi connectivity index (χ3v) is 8.04. The first kappa shape index (κ1) is 32.0. The van der Waals surface area contributed by atoms with Crippen molar-refractivity contribution in [2.24, 2.45) is 7.05 Å². The van der Waals surface area contributed by atoms with Crippen LogP contribution in [0.3, 0.4) is 0 Å². The van der Waals surface area contributed by atoms with E-state index < -0.39 is 10.9 Å². The molecule has 0 aliphatic heterocycles. The fourth-order valence-electron chi connectivity index (χ4n) is 5.54. The monoisotopic (exact) mass is 634 g/mol. The number of hydrogen-bond acceptors (Lipinski definition) is 7. The molecule has 0 fully saturated rings. The Kier molecular flexibility index (Phi) is 9.42. The van der Waals surface area contributed by atoms with Gasteiger partial charge in [-0.25, -0.2) is 17.5 Å². The Hall–Kier alpha value is -4.45. The summed E-state index contributed by atoms with van der Waals surface area (Å²) in [6.07, 6.45) is 2.09. The zero-order valence-electron chi connectivity index (χ0n) is 25.7. The SMILES string of the molecule is Cc1cc(-c2cc3c(=O)n(C)cc(-c4cc(CCN[SH](=O)=O)ccc4Oc4c(C)cc(F)cc4C)c3o2)cc(C)c1OCCO. The predicted molar refractivity (Wildman–Crippen MR) is 172 cm³/mol. The summed E-state index contributed by atoms with van der Waals surface area (Å²) in [7, 11) is -1.08. The highest BCUT2D eigenvalue weighted by molar-refractivity contribution is 7.70. The number of aliphatic hydroxyl groups is 1. The number of thiol groups is 1. The lowest BCUT2D eigenvalue weighted by Gasteiger charge is -2.17. The largest absolute Gasteiger partial charge is 0.491 e. The maximum atomic E-state index is 14.1. The number of halogens is 1. The van der Waals surface area contributed by atoms with Crippen LogP contribution >= 0.6 is 0 Å². The molecule has 11 heteroatoms. The highest BCUT2D eigenvalue weighted by Crippen LogP contribution is 2.41. The lowest BCUT2D eigenvalue weighted by molar-refractivity contribution is 0.200. The zero-order valence-corrected chi connectivity index (χ0v) is 26.6. The van der Waals surface area contributed by atoms with Crippen molar-refractivity contribution in [3.05, 3.63) is 98.7 Å². The van der Waals surface area contributed by atoms with Gasteiger partial charge < -0.3 is 23.6 Å². The first-order valence-corrected chi connectivity index (χ1v) is 15.6. The molecule has 9 nitrogen and oxygen atoms in total. The molecular weight excluding hydrogens is 599 g/mol. The molecule has 0 saturated carbocycles. The van der Waals surface area contributed by atoms with Gasteiger partial charge >= 0.3 is 0 Å². The van der Waals surface area contributed by atoms with Crippen molar-refractivity contribution in [3.63, 3.8) is 0 Å². The Morgan fingerprint density at radius 2 is 1.60 bits per heavy atom. The number of pyridine rings is 1. The van der Waals surface area contributed by atoms with Crippen LogP contribution in [0.2, 0.25) is 0 Å². The Morgan fingerprint density at radius 1 is 0.933 bits per heavy atom. The second-order valence-electron chi connectivity index (χ2n) is 11.0. The van der Waals surface area contributed by atoms with Crippen LogP contribution in [0.1, 0.15) is 27.8 Å². The summed E-state index contributed by atoms with van der Waals surface area (Å²) in [5, 5.41) is 9.56. The molecular formula is C34H35FN2O7S. The zero-order chi connectivity index (χ0) is 32.4. The van der Waals surface area contributed by atoms with E-state index in [-0.39, 0.29) is 31.1 Å². The van der Waals surface area contributed by atoms with Crippen LogP contribution in [-0.2, 0) is 24.4 Å². The van der Waals surface area contributed by atoms with E-state index in [4.69, 9.17) is 13.9 Å². The van der Waals surface area contributed by atoms with Crippen molar-refractivity contribution in [3.8, 4) is 39.7 Å². The minimum atomic E-state index is -2.74. The van der Waals surface area contributed by atoms with Gasteiger partial charge in [0.25, 0.3) is 5.56 Å². The molecule has 0 atom stereocenters. The number of furan rings is 1. The number of ether oxygens (including phenoxy) is 2. The van der Waals surface area contributed by atoms with Gasteiger partial charge in [-0.05, 0) is 104 Å². The van der Waals surface area contributed by atoms with Crippen molar-refractivity contribution in [1.82, 2.24) is 9.29 Å². The molecule has 3 aromatic carbocycles. The topological polar surface area (TPSA) is 120 Å². The van der Waals surface area contributed by atoms with Crippen LogP contribution in [-0.4, -0.2) is 37.8 Å². The van der Waals surface area contributed by atoms with E-state index in [1.807, 2.05) is 38.1 Å². The van der Waals surface area contributed by atoms with Crippen molar-refractivity contribution < 1.29 is 31.8 Å². The molecule has 0 bridgehead atoms. The minimum absolute atomic E-state index is 0.0986. The molecule has 0 unspecified atom stereocenters. The maximum absolute atomic E-state index is 14.1. The smallest absolute Gasteiger partial charge is 0.261 e. The highest BCUT2D eigenvalue weighted by atomic mass is 32.2. The molecule has 0 amide bonds. The molecule has 2 heterocycles. The van der Waals surface area contributed by atoms with E-state index in [2.05, 4.69) is 4.72 Å². The number of benzene rings is 3. The van der Waals surface area contributed by atoms with Gasteiger partial charge in [-0.2, -0.15) is 0 Å². The summed E-state index contributed by atoms with van der Waals surface area (Å²) >= 11 is 0. The molecule has 2 aromatic heterocycles. The fourth-order valence-corrected chi connectivity index (χ4v) is 5.84. The van der Waals surface area contributed by atoms with Crippen LogP contribution in [0.5, 0.6) is 17.2 Å². The molecule has 2 N–H and O–H groups in total. The van der Waals surface area contributed by atoms with E-state index in [1.165, 1.54) is 16.7 Å². The average molecular weight is 635 g/mol. The standard InChI is InChI=1S/C34H35FN2O7S/c1-19-12-24(13-20(2)31(19)42-11-10-38)30-17-27-33(44-30)28(18-37(5)34(27)39)26-16-23(8-9-36-45(40)41)6-7-29(26)43-32-21(3)14-25(35)15-22(32)4/h6-7,12-18,38,45H,8-11H2,1-5H3,(H,36,40,41).